The molecule has 0 aliphatic heterocycles. The number of fused-ring (bicyclic) bond motifs is 1. The molecule has 2 amide bonds. The zero-order chi connectivity index (χ0) is 22.0. The summed E-state index contributed by atoms with van der Waals surface area (Å²) < 4.78 is 13.0. The van der Waals surface area contributed by atoms with Gasteiger partial charge in [-0.2, -0.15) is 5.10 Å². The van der Waals surface area contributed by atoms with E-state index in [1.165, 1.54) is 17.3 Å². The van der Waals surface area contributed by atoms with Gasteiger partial charge in [-0.1, -0.05) is 0 Å². The number of carbonyl (C=O) groups is 2. The Hall–Kier alpha value is -3.73. The quantitative estimate of drug-likeness (QED) is 0.427. The number of aromatic nitrogens is 4. The van der Waals surface area contributed by atoms with Crippen LogP contribution < -0.4 is 15.8 Å². The fraction of sp³-hybridized carbons (Fsp3) is 0.250. The zero-order valence-corrected chi connectivity index (χ0v) is 17.7. The minimum absolute atomic E-state index is 0.0680. The maximum atomic E-state index is 13.0. The maximum absolute atomic E-state index is 13.0. The molecule has 0 bridgehead atoms. The molecule has 0 fully saturated rings. The number of ether oxygens (including phenoxy) is 1. The highest BCUT2D eigenvalue weighted by molar-refractivity contribution is 7.11. The molecular weight excluding hydrogens is 420 g/mol. The first-order valence-corrected chi connectivity index (χ1v) is 10.2. The maximum Gasteiger partial charge on any atom is 0.256 e. The highest BCUT2D eigenvalue weighted by Gasteiger charge is 2.24. The summed E-state index contributed by atoms with van der Waals surface area (Å²) >= 11 is 1.56. The number of nitrogens with zero attached hydrogens (tertiary/aromatic N) is 4. The molecule has 0 radical (unpaired) electrons. The number of nitrogens with two attached hydrogens (primary N) is 1. The summed E-state index contributed by atoms with van der Waals surface area (Å²) in [6, 6.07) is 4.30. The average Bonchev–Trinajstić information content (AvgIpc) is 3.45. The van der Waals surface area contributed by atoms with Crippen molar-refractivity contribution in [2.45, 2.75) is 33.0 Å². The van der Waals surface area contributed by atoms with Gasteiger partial charge in [0.15, 0.2) is 0 Å². The molecule has 3 aromatic heterocycles. The second-order valence-corrected chi connectivity index (χ2v) is 8.19. The van der Waals surface area contributed by atoms with Crippen molar-refractivity contribution in [1.82, 2.24) is 25.1 Å². The van der Waals surface area contributed by atoms with Gasteiger partial charge in [0.25, 0.3) is 5.91 Å². The number of rotatable bonds is 8. The summed E-state index contributed by atoms with van der Waals surface area (Å²) in [6.07, 6.45) is 4.55. The van der Waals surface area contributed by atoms with Crippen molar-refractivity contribution in [3.05, 3.63) is 58.3 Å². The highest BCUT2D eigenvalue weighted by atomic mass is 32.1. The Kier molecular flexibility index (Phi) is 5.67. The van der Waals surface area contributed by atoms with Crippen LogP contribution in [0.2, 0.25) is 0 Å². The van der Waals surface area contributed by atoms with Gasteiger partial charge >= 0.3 is 0 Å². The Morgan fingerprint density at radius 2 is 2.19 bits per heavy atom. The smallest absolute Gasteiger partial charge is 0.256 e. The van der Waals surface area contributed by atoms with Crippen molar-refractivity contribution in [3.63, 3.8) is 0 Å². The molecule has 0 saturated carbocycles. The van der Waals surface area contributed by atoms with Crippen LogP contribution in [0.5, 0.6) is 5.75 Å². The Balaban J connectivity index is 1.55. The van der Waals surface area contributed by atoms with Crippen molar-refractivity contribution in [1.29, 1.82) is 0 Å². The minimum Gasteiger partial charge on any atom is -0.488 e. The van der Waals surface area contributed by atoms with Gasteiger partial charge in [0.1, 0.15) is 42.4 Å². The van der Waals surface area contributed by atoms with Gasteiger partial charge in [-0.3, -0.25) is 14.3 Å². The molecule has 10 nitrogen and oxygen atoms in total. The van der Waals surface area contributed by atoms with Crippen molar-refractivity contribution in [2.24, 2.45) is 5.73 Å². The lowest BCUT2D eigenvalue weighted by atomic mass is 10.1. The van der Waals surface area contributed by atoms with E-state index in [-0.39, 0.29) is 6.54 Å². The van der Waals surface area contributed by atoms with Crippen molar-refractivity contribution < 1.29 is 18.7 Å². The molecule has 160 valence electrons. The van der Waals surface area contributed by atoms with E-state index in [1.807, 2.05) is 6.92 Å². The second kappa shape index (κ2) is 8.56. The van der Waals surface area contributed by atoms with Crippen LogP contribution in [-0.2, 0) is 17.9 Å². The van der Waals surface area contributed by atoms with Crippen molar-refractivity contribution >= 4 is 34.1 Å². The number of amides is 2. The van der Waals surface area contributed by atoms with Crippen LogP contribution in [0.15, 0.2) is 41.5 Å². The molecule has 1 aromatic carbocycles. The summed E-state index contributed by atoms with van der Waals surface area (Å²) in [5.74, 6) is -0.150. The first-order chi connectivity index (χ1) is 14.9. The minimum atomic E-state index is -0.965. The third-order valence-corrected chi connectivity index (χ3v) is 5.48. The largest absolute Gasteiger partial charge is 0.488 e. The number of hydrogen-bond acceptors (Lipinski definition) is 8. The third kappa shape index (κ3) is 4.56. The number of benzene rings is 1. The normalized spacial score (nSPS) is 12.1. The number of primary amides is 1. The molecule has 0 aliphatic rings. The van der Waals surface area contributed by atoms with Crippen molar-refractivity contribution in [2.75, 3.05) is 0 Å². The number of thiazole rings is 1. The van der Waals surface area contributed by atoms with E-state index in [0.29, 0.717) is 34.6 Å². The lowest BCUT2D eigenvalue weighted by molar-refractivity contribution is -0.120. The van der Waals surface area contributed by atoms with Gasteiger partial charge in [0, 0.05) is 11.6 Å². The van der Waals surface area contributed by atoms with Crippen LogP contribution in [0.3, 0.4) is 0 Å². The summed E-state index contributed by atoms with van der Waals surface area (Å²) in [7, 11) is 0. The molecule has 4 aromatic rings. The Morgan fingerprint density at radius 1 is 1.35 bits per heavy atom. The first kappa shape index (κ1) is 20.5. The molecule has 0 saturated heterocycles. The fourth-order valence-corrected chi connectivity index (χ4v) is 3.86. The van der Waals surface area contributed by atoms with Crippen LogP contribution in [0, 0.1) is 13.8 Å². The Bertz CT molecular complexity index is 1230. The molecular formula is C20H20N6O4S. The summed E-state index contributed by atoms with van der Waals surface area (Å²) in [5.41, 5.74) is 6.32. The number of furan rings is 1. The van der Waals surface area contributed by atoms with E-state index in [1.54, 1.807) is 42.7 Å². The number of nitrogens with one attached hydrogen (secondary N) is 1. The molecule has 3 heterocycles. The first-order valence-electron chi connectivity index (χ1n) is 9.40. The molecule has 3 N–H and O–H groups in total. The van der Waals surface area contributed by atoms with Gasteiger partial charge in [0.05, 0.1) is 22.0 Å². The van der Waals surface area contributed by atoms with E-state index >= 15 is 0 Å². The number of aryl methyl sites for hydroxylation is 2. The van der Waals surface area contributed by atoms with Crippen LogP contribution in [-0.4, -0.2) is 37.6 Å². The Labute approximate surface area is 181 Å². The summed E-state index contributed by atoms with van der Waals surface area (Å²) in [5, 5.41) is 8.15. The predicted octanol–water partition coefficient (Wildman–Crippen LogP) is 1.96. The lowest BCUT2D eigenvalue weighted by Gasteiger charge is -2.15. The van der Waals surface area contributed by atoms with Gasteiger partial charge in [-0.15, -0.1) is 11.3 Å². The van der Waals surface area contributed by atoms with Gasteiger partial charge < -0.3 is 20.2 Å². The van der Waals surface area contributed by atoms with Gasteiger partial charge in [-0.05, 0) is 32.0 Å². The Morgan fingerprint density at radius 3 is 2.87 bits per heavy atom. The number of carbonyl (C=O) groups excluding carboxylic acids is 2. The molecule has 0 spiro atoms. The average molecular weight is 440 g/mol. The van der Waals surface area contributed by atoms with E-state index in [2.05, 4.69) is 20.4 Å². The van der Waals surface area contributed by atoms with Crippen LogP contribution >= 0.6 is 11.3 Å². The van der Waals surface area contributed by atoms with E-state index < -0.39 is 17.9 Å². The van der Waals surface area contributed by atoms with Crippen LogP contribution in [0.25, 0.3) is 11.0 Å². The van der Waals surface area contributed by atoms with Crippen molar-refractivity contribution in [3.8, 4) is 5.75 Å². The molecule has 1 atom stereocenters. The molecule has 0 aliphatic carbocycles. The van der Waals surface area contributed by atoms with Crippen LogP contribution in [0.4, 0.5) is 0 Å². The predicted molar refractivity (Wildman–Crippen MR) is 113 cm³/mol. The second-order valence-electron chi connectivity index (χ2n) is 6.87. The highest BCUT2D eigenvalue weighted by Crippen LogP contribution is 2.30. The zero-order valence-electron chi connectivity index (χ0n) is 16.9. The molecule has 11 heteroatoms. The monoisotopic (exact) mass is 440 g/mol. The fourth-order valence-electron chi connectivity index (χ4n) is 3.15. The molecule has 31 heavy (non-hydrogen) atoms. The van der Waals surface area contributed by atoms with Gasteiger partial charge in [0.2, 0.25) is 5.91 Å². The SMILES string of the molecule is Cc1ncc(COc2ccc3oc(C)c(C(=O)NC(Cn4cncn4)C(N)=O)c3c2)s1. The topological polar surface area (TPSA) is 138 Å². The lowest BCUT2D eigenvalue weighted by Crippen LogP contribution is -2.47. The van der Waals surface area contributed by atoms with E-state index in [0.717, 1.165) is 9.88 Å². The van der Waals surface area contributed by atoms with Gasteiger partial charge in [-0.25, -0.2) is 9.97 Å². The third-order valence-electron chi connectivity index (χ3n) is 4.60. The summed E-state index contributed by atoms with van der Waals surface area (Å²) in [4.78, 5) is 33.9. The standard InChI is InChI=1S/C20H20N6O4S/c1-11-18(20(28)25-16(19(21)27)7-26-10-22-9-24-26)15-5-13(3-4-17(15)30-11)29-8-14-6-23-12(2)31-14/h3-6,9-10,16H,7-8H2,1-2H3,(H2,21,27)(H,25,28). The molecule has 4 rings (SSSR count). The van der Waals surface area contributed by atoms with E-state index in [9.17, 15) is 9.59 Å². The van der Waals surface area contributed by atoms with E-state index in [4.69, 9.17) is 14.9 Å². The summed E-state index contributed by atoms with van der Waals surface area (Å²) in [6.45, 7) is 4.06. The number of hydrogen-bond donors (Lipinski definition) is 2. The van der Waals surface area contributed by atoms with Crippen LogP contribution in [0.1, 0.15) is 26.0 Å². The molecule has 1 unspecified atom stereocenters.